The monoisotopic (exact) mass is 198 g/mol. The average molecular weight is 198 g/mol. The Hall–Kier alpha value is -0.570. The lowest BCUT2D eigenvalue weighted by molar-refractivity contribution is -0.119. The molecule has 1 amide bonds. The molecule has 0 bridgehead atoms. The van der Waals surface area contributed by atoms with E-state index in [9.17, 15) is 4.79 Å². The third-order valence-electron chi connectivity index (χ3n) is 3.35. The number of nitrogens with one attached hydrogen (secondary N) is 1. The van der Waals surface area contributed by atoms with Crippen molar-refractivity contribution in [2.75, 3.05) is 7.05 Å². The van der Waals surface area contributed by atoms with Crippen LogP contribution in [0.1, 0.15) is 51.4 Å². The highest BCUT2D eigenvalue weighted by Gasteiger charge is 2.29. The highest BCUT2D eigenvalue weighted by Crippen LogP contribution is 2.28. The van der Waals surface area contributed by atoms with E-state index in [0.29, 0.717) is 6.42 Å². The molecule has 82 valence electrons. The first-order valence-corrected chi connectivity index (χ1v) is 5.66. The number of amides is 1. The van der Waals surface area contributed by atoms with Crippen molar-refractivity contribution >= 4 is 5.91 Å². The Bertz CT molecular complexity index is 184. The van der Waals surface area contributed by atoms with Gasteiger partial charge in [0.15, 0.2) is 0 Å². The van der Waals surface area contributed by atoms with E-state index >= 15 is 0 Å². The Morgan fingerprint density at radius 2 is 1.71 bits per heavy atom. The number of primary amides is 1. The van der Waals surface area contributed by atoms with Crippen LogP contribution in [0.2, 0.25) is 0 Å². The Labute approximate surface area is 86.4 Å². The summed E-state index contributed by atoms with van der Waals surface area (Å²) in [6.45, 7) is 0. The Morgan fingerprint density at radius 1 is 1.21 bits per heavy atom. The Balaban J connectivity index is 2.57. The maximum atomic E-state index is 11.0. The minimum Gasteiger partial charge on any atom is -0.370 e. The first-order chi connectivity index (χ1) is 6.68. The predicted octanol–water partition coefficient (Wildman–Crippen LogP) is 1.56. The predicted molar refractivity (Wildman–Crippen MR) is 57.9 cm³/mol. The van der Waals surface area contributed by atoms with Gasteiger partial charge in [0, 0.05) is 12.0 Å². The van der Waals surface area contributed by atoms with Gasteiger partial charge < -0.3 is 11.1 Å². The molecule has 1 rings (SSSR count). The van der Waals surface area contributed by atoms with E-state index in [1.807, 2.05) is 7.05 Å². The Kier molecular flexibility index (Phi) is 4.39. The smallest absolute Gasteiger partial charge is 0.219 e. The molecule has 0 atom stereocenters. The molecular formula is C11H22N2O. The zero-order valence-corrected chi connectivity index (χ0v) is 9.14. The molecule has 0 aromatic rings. The molecule has 0 aromatic heterocycles. The molecule has 0 spiro atoms. The molecule has 3 nitrogen and oxygen atoms in total. The van der Waals surface area contributed by atoms with Gasteiger partial charge in [-0.25, -0.2) is 0 Å². The first-order valence-electron chi connectivity index (χ1n) is 5.66. The van der Waals surface area contributed by atoms with Crippen LogP contribution in [-0.2, 0) is 4.79 Å². The van der Waals surface area contributed by atoms with Crippen LogP contribution < -0.4 is 11.1 Å². The minimum atomic E-state index is -0.181. The van der Waals surface area contributed by atoms with Crippen LogP contribution in [0, 0.1) is 0 Å². The van der Waals surface area contributed by atoms with Gasteiger partial charge >= 0.3 is 0 Å². The zero-order valence-electron chi connectivity index (χ0n) is 9.14. The summed E-state index contributed by atoms with van der Waals surface area (Å²) in [7, 11) is 1.95. The van der Waals surface area contributed by atoms with Crippen molar-refractivity contribution in [3.63, 3.8) is 0 Å². The summed E-state index contributed by atoms with van der Waals surface area (Å²) in [5, 5.41) is 3.32. The number of carbonyl (C=O) groups excluding carboxylic acids is 1. The molecule has 1 aliphatic rings. The lowest BCUT2D eigenvalue weighted by Crippen LogP contribution is -2.46. The summed E-state index contributed by atoms with van der Waals surface area (Å²) >= 11 is 0. The van der Waals surface area contributed by atoms with E-state index in [1.165, 1.54) is 32.1 Å². The number of nitrogens with two attached hydrogens (primary N) is 1. The molecule has 0 heterocycles. The quantitative estimate of drug-likeness (QED) is 0.723. The van der Waals surface area contributed by atoms with Gasteiger partial charge in [-0.1, -0.05) is 32.1 Å². The average Bonchev–Trinajstić information content (AvgIpc) is 2.09. The molecule has 1 fully saturated rings. The maximum Gasteiger partial charge on any atom is 0.219 e. The van der Waals surface area contributed by atoms with E-state index in [1.54, 1.807) is 0 Å². The van der Waals surface area contributed by atoms with Crippen molar-refractivity contribution in [2.45, 2.75) is 56.9 Å². The van der Waals surface area contributed by atoms with E-state index in [0.717, 1.165) is 12.8 Å². The largest absolute Gasteiger partial charge is 0.370 e. The summed E-state index contributed by atoms with van der Waals surface area (Å²) in [5.74, 6) is -0.181. The number of rotatable bonds is 3. The maximum absolute atomic E-state index is 11.0. The lowest BCUT2D eigenvalue weighted by Gasteiger charge is -2.34. The molecule has 1 aliphatic carbocycles. The van der Waals surface area contributed by atoms with Crippen LogP contribution in [-0.4, -0.2) is 18.5 Å². The first kappa shape index (κ1) is 11.5. The molecule has 0 unspecified atom stereocenters. The fourth-order valence-electron chi connectivity index (χ4n) is 2.43. The summed E-state index contributed by atoms with van der Waals surface area (Å²) in [6, 6.07) is 0. The highest BCUT2D eigenvalue weighted by molar-refractivity contribution is 5.75. The van der Waals surface area contributed by atoms with Crippen molar-refractivity contribution in [2.24, 2.45) is 5.73 Å². The summed E-state index contributed by atoms with van der Waals surface area (Å²) < 4.78 is 0. The summed E-state index contributed by atoms with van der Waals surface area (Å²) in [4.78, 5) is 11.0. The number of hydrogen-bond acceptors (Lipinski definition) is 2. The fourth-order valence-corrected chi connectivity index (χ4v) is 2.43. The zero-order chi connectivity index (χ0) is 10.4. The third kappa shape index (κ3) is 3.29. The van der Waals surface area contributed by atoms with Crippen LogP contribution in [0.4, 0.5) is 0 Å². The van der Waals surface area contributed by atoms with Gasteiger partial charge in [-0.3, -0.25) is 4.79 Å². The van der Waals surface area contributed by atoms with Crippen molar-refractivity contribution < 1.29 is 4.79 Å². The van der Waals surface area contributed by atoms with E-state index in [2.05, 4.69) is 5.32 Å². The summed E-state index contributed by atoms with van der Waals surface area (Å²) in [5.41, 5.74) is 5.29. The van der Waals surface area contributed by atoms with Gasteiger partial charge in [-0.05, 0) is 19.9 Å². The minimum absolute atomic E-state index is 0.00769. The second kappa shape index (κ2) is 5.35. The Morgan fingerprint density at radius 3 is 2.14 bits per heavy atom. The van der Waals surface area contributed by atoms with Crippen molar-refractivity contribution in [1.29, 1.82) is 0 Å². The van der Waals surface area contributed by atoms with E-state index in [4.69, 9.17) is 5.73 Å². The van der Waals surface area contributed by atoms with Gasteiger partial charge in [0.2, 0.25) is 5.91 Å². The van der Waals surface area contributed by atoms with Crippen molar-refractivity contribution in [1.82, 2.24) is 5.32 Å². The molecule has 14 heavy (non-hydrogen) atoms. The van der Waals surface area contributed by atoms with Gasteiger partial charge in [0.05, 0.1) is 0 Å². The van der Waals surface area contributed by atoms with Crippen LogP contribution in [0.15, 0.2) is 0 Å². The molecule has 0 radical (unpaired) electrons. The number of carbonyl (C=O) groups is 1. The second-order valence-corrected chi connectivity index (χ2v) is 4.44. The van der Waals surface area contributed by atoms with Crippen molar-refractivity contribution in [3.8, 4) is 0 Å². The van der Waals surface area contributed by atoms with E-state index in [-0.39, 0.29) is 11.4 Å². The molecular weight excluding hydrogens is 176 g/mol. The SMILES string of the molecule is CNC1(CC(N)=O)CCCCCCC1. The fraction of sp³-hybridized carbons (Fsp3) is 0.909. The van der Waals surface area contributed by atoms with Crippen LogP contribution in [0.25, 0.3) is 0 Å². The van der Waals surface area contributed by atoms with Crippen LogP contribution in [0.5, 0.6) is 0 Å². The van der Waals surface area contributed by atoms with Gasteiger partial charge in [0.25, 0.3) is 0 Å². The molecule has 0 aromatic carbocycles. The lowest BCUT2D eigenvalue weighted by atomic mass is 9.81. The standard InChI is InChI=1S/C11H22N2O/c1-13-11(9-10(12)14)7-5-3-2-4-6-8-11/h13H,2-9H2,1H3,(H2,12,14). The number of hydrogen-bond donors (Lipinski definition) is 2. The molecule has 0 aliphatic heterocycles. The molecule has 1 saturated carbocycles. The van der Waals surface area contributed by atoms with Gasteiger partial charge in [-0.15, -0.1) is 0 Å². The third-order valence-corrected chi connectivity index (χ3v) is 3.35. The van der Waals surface area contributed by atoms with E-state index < -0.39 is 0 Å². The normalized spacial score (nSPS) is 22.4. The van der Waals surface area contributed by atoms with Crippen LogP contribution >= 0.6 is 0 Å². The molecule has 0 saturated heterocycles. The summed E-state index contributed by atoms with van der Waals surface area (Å²) in [6.07, 6.45) is 9.03. The van der Waals surface area contributed by atoms with Crippen LogP contribution in [0.3, 0.4) is 0 Å². The topological polar surface area (TPSA) is 55.1 Å². The molecule has 3 N–H and O–H groups in total. The van der Waals surface area contributed by atoms with Gasteiger partial charge in [0.1, 0.15) is 0 Å². The van der Waals surface area contributed by atoms with Crippen molar-refractivity contribution in [3.05, 3.63) is 0 Å². The van der Waals surface area contributed by atoms with Gasteiger partial charge in [-0.2, -0.15) is 0 Å². The highest BCUT2D eigenvalue weighted by atomic mass is 16.1. The molecule has 3 heteroatoms. The second-order valence-electron chi connectivity index (χ2n) is 4.44.